The molecule has 3 aromatic rings. The third-order valence-electron chi connectivity index (χ3n) is 5.42. The second kappa shape index (κ2) is 7.79. The molecule has 1 aliphatic rings. The standard InChI is InChI=1S/C25H25NO/c1-18(19-9-4-3-5-10-19)26-24-16-15-20-11-6-7-14-23(20)25(24)21-12-8-13-22(17-21)27-2/h3-14,17-18,25H,15-16H2,1-2H3/t18-,25?/m0/s1. The molecule has 0 N–H and O–H groups in total. The van der Waals surface area contributed by atoms with E-state index in [1.165, 1.54) is 28.0 Å². The summed E-state index contributed by atoms with van der Waals surface area (Å²) < 4.78 is 5.48. The minimum Gasteiger partial charge on any atom is -0.497 e. The third kappa shape index (κ3) is 3.66. The molecule has 3 aromatic carbocycles. The summed E-state index contributed by atoms with van der Waals surface area (Å²) in [7, 11) is 1.72. The van der Waals surface area contributed by atoms with Gasteiger partial charge < -0.3 is 4.74 Å². The van der Waals surface area contributed by atoms with Gasteiger partial charge in [-0.05, 0) is 54.2 Å². The first-order valence-electron chi connectivity index (χ1n) is 9.59. The fourth-order valence-electron chi connectivity index (χ4n) is 4.02. The minimum atomic E-state index is 0.152. The topological polar surface area (TPSA) is 21.6 Å². The van der Waals surface area contributed by atoms with Gasteiger partial charge in [-0.2, -0.15) is 0 Å². The summed E-state index contributed by atoms with van der Waals surface area (Å²) in [6.45, 7) is 2.19. The van der Waals surface area contributed by atoms with Gasteiger partial charge in [0.25, 0.3) is 0 Å². The SMILES string of the molecule is COc1cccc(C2C(=N[C@@H](C)c3ccccc3)CCc3ccccc32)c1. The van der Waals surface area contributed by atoms with E-state index in [9.17, 15) is 0 Å². The largest absolute Gasteiger partial charge is 0.497 e. The van der Waals surface area contributed by atoms with Crippen LogP contribution in [-0.4, -0.2) is 12.8 Å². The minimum absolute atomic E-state index is 0.152. The summed E-state index contributed by atoms with van der Waals surface area (Å²) >= 11 is 0. The van der Waals surface area contributed by atoms with Crippen molar-refractivity contribution in [3.63, 3.8) is 0 Å². The van der Waals surface area contributed by atoms with Crippen LogP contribution in [0.15, 0.2) is 83.9 Å². The van der Waals surface area contributed by atoms with Crippen molar-refractivity contribution in [1.82, 2.24) is 0 Å². The van der Waals surface area contributed by atoms with Crippen LogP contribution in [0.25, 0.3) is 0 Å². The van der Waals surface area contributed by atoms with Crippen LogP contribution in [0.3, 0.4) is 0 Å². The van der Waals surface area contributed by atoms with Gasteiger partial charge in [-0.15, -0.1) is 0 Å². The number of ether oxygens (including phenoxy) is 1. The van der Waals surface area contributed by atoms with Gasteiger partial charge in [0.15, 0.2) is 0 Å². The molecule has 2 heteroatoms. The van der Waals surface area contributed by atoms with Crippen LogP contribution in [0, 0.1) is 0 Å². The second-order valence-electron chi connectivity index (χ2n) is 7.12. The number of aryl methyl sites for hydroxylation is 1. The van der Waals surface area contributed by atoms with Gasteiger partial charge in [0.05, 0.1) is 13.2 Å². The van der Waals surface area contributed by atoms with Gasteiger partial charge in [-0.1, -0.05) is 66.7 Å². The Morgan fingerprint density at radius 2 is 1.67 bits per heavy atom. The Labute approximate surface area is 161 Å². The van der Waals surface area contributed by atoms with Crippen molar-refractivity contribution < 1.29 is 4.74 Å². The summed E-state index contributed by atoms with van der Waals surface area (Å²) in [5.41, 5.74) is 6.57. The van der Waals surface area contributed by atoms with Crippen LogP contribution in [0.5, 0.6) is 5.75 Å². The Morgan fingerprint density at radius 1 is 0.889 bits per heavy atom. The molecular weight excluding hydrogens is 330 g/mol. The van der Waals surface area contributed by atoms with E-state index in [0.29, 0.717) is 0 Å². The first-order chi connectivity index (χ1) is 13.3. The van der Waals surface area contributed by atoms with Crippen LogP contribution in [0.2, 0.25) is 0 Å². The van der Waals surface area contributed by atoms with Crippen molar-refractivity contribution in [3.8, 4) is 5.75 Å². The fourth-order valence-corrected chi connectivity index (χ4v) is 4.02. The molecule has 4 rings (SSSR count). The van der Waals surface area contributed by atoms with Crippen LogP contribution in [0.4, 0.5) is 0 Å². The Morgan fingerprint density at radius 3 is 2.48 bits per heavy atom. The maximum absolute atomic E-state index is 5.48. The number of hydrogen-bond donors (Lipinski definition) is 0. The predicted molar refractivity (Wildman–Crippen MR) is 112 cm³/mol. The summed E-state index contributed by atoms with van der Waals surface area (Å²) in [4.78, 5) is 5.19. The zero-order chi connectivity index (χ0) is 18.6. The van der Waals surface area contributed by atoms with Crippen LogP contribution < -0.4 is 4.74 Å². The number of hydrogen-bond acceptors (Lipinski definition) is 2. The lowest BCUT2D eigenvalue weighted by Crippen LogP contribution is -2.22. The van der Waals surface area contributed by atoms with Crippen molar-refractivity contribution in [2.45, 2.75) is 31.7 Å². The van der Waals surface area contributed by atoms with E-state index < -0.39 is 0 Å². The van der Waals surface area contributed by atoms with E-state index >= 15 is 0 Å². The highest BCUT2D eigenvalue weighted by molar-refractivity contribution is 5.96. The Bertz CT molecular complexity index is 945. The quantitative estimate of drug-likeness (QED) is 0.564. The van der Waals surface area contributed by atoms with Crippen molar-refractivity contribution >= 4 is 5.71 Å². The zero-order valence-corrected chi connectivity index (χ0v) is 15.9. The molecule has 0 amide bonds. The number of aliphatic imine (C=N–C) groups is 1. The molecule has 2 atom stereocenters. The number of fused-ring (bicyclic) bond motifs is 1. The van der Waals surface area contributed by atoms with Gasteiger partial charge in [0.2, 0.25) is 0 Å². The first kappa shape index (κ1) is 17.5. The van der Waals surface area contributed by atoms with Gasteiger partial charge in [0, 0.05) is 11.6 Å². The van der Waals surface area contributed by atoms with Crippen molar-refractivity contribution in [2.24, 2.45) is 4.99 Å². The Kier molecular flexibility index (Phi) is 5.06. The molecule has 0 fully saturated rings. The van der Waals surface area contributed by atoms with Crippen molar-refractivity contribution in [1.29, 1.82) is 0 Å². The molecule has 0 heterocycles. The number of rotatable bonds is 4. The summed E-state index contributed by atoms with van der Waals surface area (Å²) in [5.74, 6) is 1.09. The molecule has 2 nitrogen and oxygen atoms in total. The monoisotopic (exact) mass is 355 g/mol. The average molecular weight is 355 g/mol. The average Bonchev–Trinajstić information content (AvgIpc) is 2.74. The van der Waals surface area contributed by atoms with Gasteiger partial charge in [0.1, 0.15) is 5.75 Å². The Balaban J connectivity index is 1.79. The number of benzene rings is 3. The second-order valence-corrected chi connectivity index (χ2v) is 7.12. The lowest BCUT2D eigenvalue weighted by atomic mass is 9.77. The molecule has 1 unspecified atom stereocenters. The van der Waals surface area contributed by atoms with E-state index in [1.54, 1.807) is 7.11 Å². The molecule has 0 saturated carbocycles. The highest BCUT2D eigenvalue weighted by Crippen LogP contribution is 2.37. The van der Waals surface area contributed by atoms with Crippen LogP contribution in [0.1, 0.15) is 47.6 Å². The predicted octanol–water partition coefficient (Wildman–Crippen LogP) is 5.98. The number of nitrogens with zero attached hydrogens (tertiary/aromatic N) is 1. The van der Waals surface area contributed by atoms with E-state index in [1.807, 2.05) is 6.07 Å². The Hall–Kier alpha value is -2.87. The summed E-state index contributed by atoms with van der Waals surface area (Å²) in [5, 5.41) is 0. The maximum Gasteiger partial charge on any atom is 0.119 e. The van der Waals surface area contributed by atoms with Crippen LogP contribution in [-0.2, 0) is 6.42 Å². The molecule has 0 aromatic heterocycles. The lowest BCUT2D eigenvalue weighted by Gasteiger charge is -2.29. The fraction of sp³-hybridized carbons (Fsp3) is 0.240. The van der Waals surface area contributed by atoms with Gasteiger partial charge in [-0.25, -0.2) is 0 Å². The molecule has 1 aliphatic carbocycles. The molecular formula is C25H25NO. The molecule has 0 radical (unpaired) electrons. The number of methoxy groups -OCH3 is 1. The third-order valence-corrected chi connectivity index (χ3v) is 5.42. The summed E-state index contributed by atoms with van der Waals surface area (Å²) in [6.07, 6.45) is 2.05. The van der Waals surface area contributed by atoms with Gasteiger partial charge in [-0.3, -0.25) is 4.99 Å². The van der Waals surface area contributed by atoms with E-state index in [4.69, 9.17) is 9.73 Å². The van der Waals surface area contributed by atoms with E-state index in [0.717, 1.165) is 18.6 Å². The highest BCUT2D eigenvalue weighted by atomic mass is 16.5. The van der Waals surface area contributed by atoms with E-state index in [-0.39, 0.29) is 12.0 Å². The smallest absolute Gasteiger partial charge is 0.119 e. The maximum atomic E-state index is 5.48. The molecule has 0 spiro atoms. The lowest BCUT2D eigenvalue weighted by molar-refractivity contribution is 0.414. The normalized spacial score (nSPS) is 18.7. The summed E-state index contributed by atoms with van der Waals surface area (Å²) in [6, 6.07) is 27.9. The molecule has 0 saturated heterocycles. The van der Waals surface area contributed by atoms with Crippen molar-refractivity contribution in [2.75, 3.05) is 7.11 Å². The first-order valence-corrected chi connectivity index (χ1v) is 9.59. The van der Waals surface area contributed by atoms with Crippen LogP contribution >= 0.6 is 0 Å². The molecule has 0 aliphatic heterocycles. The van der Waals surface area contributed by atoms with Gasteiger partial charge >= 0.3 is 0 Å². The zero-order valence-electron chi connectivity index (χ0n) is 15.9. The van der Waals surface area contributed by atoms with E-state index in [2.05, 4.69) is 79.7 Å². The highest BCUT2D eigenvalue weighted by Gasteiger charge is 2.28. The van der Waals surface area contributed by atoms with Crippen molar-refractivity contribution in [3.05, 3.63) is 101 Å². The molecule has 27 heavy (non-hydrogen) atoms. The molecule has 136 valence electrons. The molecule has 0 bridgehead atoms.